The van der Waals surface area contributed by atoms with Crippen LogP contribution in [0.15, 0.2) is 30.3 Å². The zero-order valence-corrected chi connectivity index (χ0v) is 12.7. The molecule has 0 saturated heterocycles. The molecule has 4 nitrogen and oxygen atoms in total. The van der Waals surface area contributed by atoms with E-state index in [1.807, 2.05) is 30.3 Å². The number of hydrogen-bond acceptors (Lipinski definition) is 2. The molecule has 0 unspecified atom stereocenters. The van der Waals surface area contributed by atoms with E-state index in [-0.39, 0.29) is 11.8 Å². The zero-order valence-electron chi connectivity index (χ0n) is 12.7. The van der Waals surface area contributed by atoms with Crippen molar-refractivity contribution in [2.24, 2.45) is 5.41 Å². The maximum Gasteiger partial charge on any atom is 0.235 e. The fraction of sp³-hybridized carbons (Fsp3) is 0.529. The summed E-state index contributed by atoms with van der Waals surface area (Å²) in [6, 6.07) is 10.0. The minimum absolute atomic E-state index is 0.104. The molecule has 0 atom stereocenters. The van der Waals surface area contributed by atoms with Crippen LogP contribution in [0, 0.1) is 5.41 Å². The summed E-state index contributed by atoms with van der Waals surface area (Å²) in [6.45, 7) is 3.32. The van der Waals surface area contributed by atoms with Crippen LogP contribution in [0.1, 0.15) is 38.2 Å². The van der Waals surface area contributed by atoms with Crippen molar-refractivity contribution >= 4 is 11.8 Å². The van der Waals surface area contributed by atoms with Crippen molar-refractivity contribution < 1.29 is 9.59 Å². The Morgan fingerprint density at radius 3 is 2.24 bits per heavy atom. The van der Waals surface area contributed by atoms with Crippen molar-refractivity contribution in [1.82, 2.24) is 10.6 Å². The van der Waals surface area contributed by atoms with Gasteiger partial charge in [-0.3, -0.25) is 9.59 Å². The van der Waals surface area contributed by atoms with Crippen LogP contribution in [-0.4, -0.2) is 24.9 Å². The predicted molar refractivity (Wildman–Crippen MR) is 82.7 cm³/mol. The molecule has 114 valence electrons. The lowest BCUT2D eigenvalue weighted by molar-refractivity contribution is -0.137. The first-order valence-electron chi connectivity index (χ1n) is 7.79. The highest BCUT2D eigenvalue weighted by atomic mass is 16.2. The van der Waals surface area contributed by atoms with E-state index in [2.05, 4.69) is 17.6 Å². The van der Waals surface area contributed by atoms with E-state index in [0.29, 0.717) is 25.9 Å². The van der Waals surface area contributed by atoms with Crippen LogP contribution in [0.25, 0.3) is 0 Å². The van der Waals surface area contributed by atoms with E-state index in [0.717, 1.165) is 19.3 Å². The van der Waals surface area contributed by atoms with Gasteiger partial charge in [0.25, 0.3) is 0 Å². The number of unbranched alkanes of at least 4 members (excludes halogenated alkanes) is 1. The smallest absolute Gasteiger partial charge is 0.235 e. The molecule has 0 aromatic heterocycles. The molecular weight excluding hydrogens is 264 g/mol. The van der Waals surface area contributed by atoms with E-state index in [1.165, 1.54) is 5.56 Å². The van der Waals surface area contributed by atoms with Gasteiger partial charge in [-0.15, -0.1) is 0 Å². The van der Waals surface area contributed by atoms with Crippen LogP contribution >= 0.6 is 0 Å². The van der Waals surface area contributed by atoms with Gasteiger partial charge in [0.1, 0.15) is 5.41 Å². The third-order valence-electron chi connectivity index (χ3n) is 3.98. The Kier molecular flexibility index (Phi) is 5.37. The topological polar surface area (TPSA) is 58.2 Å². The number of benzene rings is 1. The highest BCUT2D eigenvalue weighted by Crippen LogP contribution is 2.46. The Morgan fingerprint density at radius 1 is 1.05 bits per heavy atom. The molecule has 1 aromatic carbocycles. The summed E-state index contributed by atoms with van der Waals surface area (Å²) in [5, 5.41) is 5.78. The summed E-state index contributed by atoms with van der Waals surface area (Å²) < 4.78 is 0. The van der Waals surface area contributed by atoms with E-state index in [1.54, 1.807) is 0 Å². The predicted octanol–water partition coefficient (Wildman–Crippen LogP) is 2.04. The number of rotatable bonds is 8. The number of amides is 2. The van der Waals surface area contributed by atoms with Crippen molar-refractivity contribution in [3.05, 3.63) is 35.9 Å². The maximum atomic E-state index is 12.2. The Labute approximate surface area is 126 Å². The molecule has 21 heavy (non-hydrogen) atoms. The lowest BCUT2D eigenvalue weighted by Gasteiger charge is -2.15. The Hall–Kier alpha value is -1.84. The van der Waals surface area contributed by atoms with E-state index >= 15 is 0 Å². The second kappa shape index (κ2) is 7.25. The fourth-order valence-electron chi connectivity index (χ4n) is 2.36. The minimum atomic E-state index is -0.787. The Bertz CT molecular complexity index is 481. The lowest BCUT2D eigenvalue weighted by atomic mass is 10.0. The summed E-state index contributed by atoms with van der Waals surface area (Å²) in [6.07, 6.45) is 4.12. The molecule has 4 heteroatoms. The highest BCUT2D eigenvalue weighted by Gasteiger charge is 2.56. The number of nitrogens with one attached hydrogen (secondary N) is 2. The van der Waals surface area contributed by atoms with Gasteiger partial charge in [-0.25, -0.2) is 0 Å². The molecule has 2 amide bonds. The molecule has 1 aliphatic rings. The van der Waals surface area contributed by atoms with Gasteiger partial charge in [0.15, 0.2) is 0 Å². The van der Waals surface area contributed by atoms with E-state index in [9.17, 15) is 9.59 Å². The van der Waals surface area contributed by atoms with Gasteiger partial charge in [0.2, 0.25) is 11.8 Å². The van der Waals surface area contributed by atoms with Crippen molar-refractivity contribution in [3.8, 4) is 0 Å². The normalized spacial score (nSPS) is 15.3. The van der Waals surface area contributed by atoms with Gasteiger partial charge >= 0.3 is 0 Å². The van der Waals surface area contributed by atoms with Gasteiger partial charge in [0, 0.05) is 13.1 Å². The van der Waals surface area contributed by atoms with Crippen LogP contribution in [0.4, 0.5) is 0 Å². The fourth-order valence-corrected chi connectivity index (χ4v) is 2.36. The summed E-state index contributed by atoms with van der Waals surface area (Å²) in [5.41, 5.74) is 0.403. The molecule has 2 N–H and O–H groups in total. The van der Waals surface area contributed by atoms with Crippen molar-refractivity contribution in [2.75, 3.05) is 13.1 Å². The summed E-state index contributed by atoms with van der Waals surface area (Å²) in [4.78, 5) is 24.3. The molecule has 1 aliphatic carbocycles. The first-order chi connectivity index (χ1) is 10.2. The van der Waals surface area contributed by atoms with Gasteiger partial charge in [-0.2, -0.15) is 0 Å². The average Bonchev–Trinajstić information content (AvgIpc) is 3.30. The Balaban J connectivity index is 1.76. The molecule has 0 aliphatic heterocycles. The molecule has 2 rings (SSSR count). The van der Waals surface area contributed by atoms with Crippen LogP contribution in [0.3, 0.4) is 0 Å². The first kappa shape index (κ1) is 15.5. The average molecular weight is 288 g/mol. The second-order valence-corrected chi connectivity index (χ2v) is 5.68. The third kappa shape index (κ3) is 4.06. The first-order valence-corrected chi connectivity index (χ1v) is 7.79. The van der Waals surface area contributed by atoms with E-state index in [4.69, 9.17) is 0 Å². The van der Waals surface area contributed by atoms with Crippen molar-refractivity contribution in [1.29, 1.82) is 0 Å². The Morgan fingerprint density at radius 2 is 1.67 bits per heavy atom. The molecular formula is C17H24N2O2. The van der Waals surface area contributed by atoms with Gasteiger partial charge in [-0.05, 0) is 31.2 Å². The maximum absolute atomic E-state index is 12.2. The lowest BCUT2D eigenvalue weighted by Crippen LogP contribution is -2.43. The number of carbonyl (C=O) groups excluding carboxylic acids is 2. The van der Waals surface area contributed by atoms with E-state index < -0.39 is 5.41 Å². The summed E-state index contributed by atoms with van der Waals surface area (Å²) >= 11 is 0. The summed E-state index contributed by atoms with van der Waals surface area (Å²) in [7, 11) is 0. The molecule has 1 aromatic rings. The quantitative estimate of drug-likeness (QED) is 0.568. The molecule has 0 heterocycles. The SMILES string of the molecule is CCCCNC(=O)C1(C(=O)NCCc2ccccc2)CC1. The van der Waals surface area contributed by atoms with Gasteiger partial charge in [-0.1, -0.05) is 43.7 Å². The molecule has 1 saturated carbocycles. The highest BCUT2D eigenvalue weighted by molar-refractivity contribution is 6.07. The molecule has 0 bridgehead atoms. The molecule has 0 spiro atoms. The number of hydrogen-bond donors (Lipinski definition) is 2. The molecule has 1 fully saturated rings. The monoisotopic (exact) mass is 288 g/mol. The van der Waals surface area contributed by atoms with Gasteiger partial charge in [0.05, 0.1) is 0 Å². The summed E-state index contributed by atoms with van der Waals surface area (Å²) in [5.74, 6) is -0.222. The zero-order chi connectivity index (χ0) is 15.1. The largest absolute Gasteiger partial charge is 0.355 e. The number of carbonyl (C=O) groups is 2. The standard InChI is InChI=1S/C17H24N2O2/c1-2-3-12-18-15(20)17(10-11-17)16(21)19-13-9-14-7-5-4-6-8-14/h4-8H,2-3,9-13H2,1H3,(H,18,20)(H,19,21). The van der Waals surface area contributed by atoms with Crippen LogP contribution in [0.5, 0.6) is 0 Å². The van der Waals surface area contributed by atoms with Crippen molar-refractivity contribution in [2.45, 2.75) is 39.0 Å². The van der Waals surface area contributed by atoms with Crippen LogP contribution < -0.4 is 10.6 Å². The van der Waals surface area contributed by atoms with Gasteiger partial charge < -0.3 is 10.6 Å². The second-order valence-electron chi connectivity index (χ2n) is 5.68. The molecule has 0 radical (unpaired) electrons. The third-order valence-corrected chi connectivity index (χ3v) is 3.98. The van der Waals surface area contributed by atoms with Crippen LogP contribution in [0.2, 0.25) is 0 Å². The van der Waals surface area contributed by atoms with Crippen LogP contribution in [-0.2, 0) is 16.0 Å². The van der Waals surface area contributed by atoms with Crippen molar-refractivity contribution in [3.63, 3.8) is 0 Å². The minimum Gasteiger partial charge on any atom is -0.355 e.